The van der Waals surface area contributed by atoms with Crippen molar-refractivity contribution >= 4 is 28.8 Å². The van der Waals surface area contributed by atoms with Crippen LogP contribution in [0.4, 0.5) is 11.6 Å². The maximum atomic E-state index is 6.61. The molecule has 1 heterocycles. The predicted molar refractivity (Wildman–Crippen MR) is 165 cm³/mol. The molecule has 202 valence electrons. The van der Waals surface area contributed by atoms with Gasteiger partial charge in [-0.2, -0.15) is 0 Å². The van der Waals surface area contributed by atoms with Crippen molar-refractivity contribution in [1.82, 2.24) is 14.9 Å². The molecular formula is C34H39ClN4. The topological polar surface area (TPSA) is 41.1 Å². The zero-order valence-electron chi connectivity index (χ0n) is 23.2. The van der Waals surface area contributed by atoms with E-state index in [1.54, 1.807) is 0 Å². The first-order valence-electron chi connectivity index (χ1n) is 14.2. The Balaban J connectivity index is 1.29. The molecule has 39 heavy (non-hydrogen) atoms. The van der Waals surface area contributed by atoms with Crippen LogP contribution in [0.3, 0.4) is 0 Å². The van der Waals surface area contributed by atoms with Crippen LogP contribution < -0.4 is 5.32 Å². The monoisotopic (exact) mass is 538 g/mol. The van der Waals surface area contributed by atoms with Crippen molar-refractivity contribution in [3.63, 3.8) is 0 Å². The van der Waals surface area contributed by atoms with E-state index in [2.05, 4.69) is 71.3 Å². The number of halogens is 1. The molecule has 0 saturated heterocycles. The van der Waals surface area contributed by atoms with Gasteiger partial charge in [0.1, 0.15) is 0 Å². The van der Waals surface area contributed by atoms with E-state index in [1.165, 1.54) is 37.7 Å². The molecule has 5 heteroatoms. The van der Waals surface area contributed by atoms with Gasteiger partial charge in [0.15, 0.2) is 0 Å². The largest absolute Gasteiger partial charge is 0.324 e. The minimum atomic E-state index is 0.113. The van der Waals surface area contributed by atoms with Crippen molar-refractivity contribution in [2.24, 2.45) is 0 Å². The van der Waals surface area contributed by atoms with Crippen molar-refractivity contribution in [2.75, 3.05) is 18.9 Å². The molecular weight excluding hydrogens is 500 g/mol. The van der Waals surface area contributed by atoms with Gasteiger partial charge in [0.2, 0.25) is 5.95 Å². The number of anilines is 2. The number of nitrogens with zero attached hydrogens (tertiary/aromatic N) is 3. The van der Waals surface area contributed by atoms with Gasteiger partial charge in [-0.25, -0.2) is 9.97 Å². The van der Waals surface area contributed by atoms with Gasteiger partial charge in [0.05, 0.1) is 5.69 Å². The molecule has 2 aliphatic rings. The van der Waals surface area contributed by atoms with Crippen molar-refractivity contribution in [1.29, 1.82) is 0 Å². The van der Waals surface area contributed by atoms with Gasteiger partial charge in [-0.15, -0.1) is 0 Å². The molecule has 1 unspecified atom stereocenters. The zero-order chi connectivity index (χ0) is 27.2. The Morgan fingerprint density at radius 3 is 2.59 bits per heavy atom. The lowest BCUT2D eigenvalue weighted by Crippen LogP contribution is -2.34. The molecule has 2 aromatic carbocycles. The molecule has 0 aliphatic heterocycles. The third kappa shape index (κ3) is 6.51. The van der Waals surface area contributed by atoms with Crippen LogP contribution in [0.15, 0.2) is 85.1 Å². The summed E-state index contributed by atoms with van der Waals surface area (Å²) in [6, 6.07) is 17.5. The van der Waals surface area contributed by atoms with Crippen LogP contribution in [0.1, 0.15) is 67.3 Å². The zero-order valence-corrected chi connectivity index (χ0v) is 23.9. The number of hydrogen-bond acceptors (Lipinski definition) is 4. The SMILES string of the molecule is C=C1C(=CC=CC)C(c2ccccc2Cl)Cc2cnc(Nc3ccc(CCN(C)C4CCCCC4)cc3)nc21. The van der Waals surface area contributed by atoms with E-state index in [9.17, 15) is 0 Å². The highest BCUT2D eigenvalue weighted by Gasteiger charge is 2.30. The summed E-state index contributed by atoms with van der Waals surface area (Å²) in [6.07, 6.45) is 16.9. The van der Waals surface area contributed by atoms with Gasteiger partial charge in [-0.05, 0) is 85.7 Å². The van der Waals surface area contributed by atoms with Crippen LogP contribution in [0, 0.1) is 0 Å². The fraction of sp³-hybridized carbons (Fsp3) is 0.353. The summed E-state index contributed by atoms with van der Waals surface area (Å²) in [5.74, 6) is 0.697. The van der Waals surface area contributed by atoms with Crippen LogP contribution in [-0.2, 0) is 12.8 Å². The van der Waals surface area contributed by atoms with Gasteiger partial charge in [-0.1, -0.05) is 86.0 Å². The quantitative estimate of drug-likeness (QED) is 0.312. The maximum absolute atomic E-state index is 6.61. The highest BCUT2D eigenvalue weighted by atomic mass is 35.5. The summed E-state index contributed by atoms with van der Waals surface area (Å²) < 4.78 is 0. The number of fused-ring (bicyclic) bond motifs is 1. The molecule has 2 aliphatic carbocycles. The van der Waals surface area contributed by atoms with Crippen molar-refractivity contribution in [3.05, 3.63) is 113 Å². The van der Waals surface area contributed by atoms with Crippen molar-refractivity contribution < 1.29 is 0 Å². The minimum Gasteiger partial charge on any atom is -0.324 e. The Hall–Kier alpha value is -3.21. The van der Waals surface area contributed by atoms with Gasteiger partial charge >= 0.3 is 0 Å². The maximum Gasteiger partial charge on any atom is 0.227 e. The molecule has 0 amide bonds. The van der Waals surface area contributed by atoms with E-state index in [4.69, 9.17) is 16.6 Å². The second-order valence-corrected chi connectivity index (χ2v) is 11.2. The first kappa shape index (κ1) is 27.4. The summed E-state index contributed by atoms with van der Waals surface area (Å²) >= 11 is 6.61. The first-order valence-corrected chi connectivity index (χ1v) is 14.6. The second kappa shape index (κ2) is 12.8. The Labute approximate surface area is 238 Å². The van der Waals surface area contributed by atoms with Crippen molar-refractivity contribution in [2.45, 2.75) is 63.8 Å². The average Bonchev–Trinajstić information content (AvgIpc) is 2.97. The van der Waals surface area contributed by atoms with Crippen LogP contribution in [-0.4, -0.2) is 34.5 Å². The van der Waals surface area contributed by atoms with Gasteiger partial charge < -0.3 is 10.2 Å². The molecule has 1 aromatic heterocycles. The second-order valence-electron chi connectivity index (χ2n) is 10.8. The molecule has 1 fully saturated rings. The highest BCUT2D eigenvalue weighted by Crippen LogP contribution is 2.44. The molecule has 5 rings (SSSR count). The highest BCUT2D eigenvalue weighted by molar-refractivity contribution is 6.31. The number of allylic oxidation sites excluding steroid dienone is 5. The molecule has 1 N–H and O–H groups in total. The van der Waals surface area contributed by atoms with Crippen LogP contribution >= 0.6 is 11.6 Å². The van der Waals surface area contributed by atoms with Crippen LogP contribution in [0.2, 0.25) is 5.02 Å². The number of nitrogens with one attached hydrogen (secondary N) is 1. The summed E-state index contributed by atoms with van der Waals surface area (Å²) in [7, 11) is 2.28. The van der Waals surface area contributed by atoms with Crippen LogP contribution in [0.5, 0.6) is 0 Å². The van der Waals surface area contributed by atoms with E-state index < -0.39 is 0 Å². The molecule has 1 atom stereocenters. The van der Waals surface area contributed by atoms with E-state index in [0.29, 0.717) is 5.95 Å². The van der Waals surface area contributed by atoms with Gasteiger partial charge in [0.25, 0.3) is 0 Å². The third-order valence-electron chi connectivity index (χ3n) is 8.21. The van der Waals surface area contributed by atoms with E-state index in [1.807, 2.05) is 37.4 Å². The summed E-state index contributed by atoms with van der Waals surface area (Å²) in [6.45, 7) is 7.58. The average molecular weight is 539 g/mol. The Morgan fingerprint density at radius 2 is 1.85 bits per heavy atom. The fourth-order valence-electron chi connectivity index (χ4n) is 5.90. The fourth-order valence-corrected chi connectivity index (χ4v) is 6.17. The molecule has 3 aromatic rings. The molecule has 0 spiro atoms. The lowest BCUT2D eigenvalue weighted by atomic mass is 9.76. The lowest BCUT2D eigenvalue weighted by molar-refractivity contribution is 0.194. The van der Waals surface area contributed by atoms with Crippen LogP contribution in [0.25, 0.3) is 5.57 Å². The van der Waals surface area contributed by atoms with E-state index in [-0.39, 0.29) is 5.92 Å². The molecule has 0 radical (unpaired) electrons. The Kier molecular flexibility index (Phi) is 8.95. The van der Waals surface area contributed by atoms with Crippen molar-refractivity contribution in [3.8, 4) is 0 Å². The number of rotatable bonds is 8. The van der Waals surface area contributed by atoms with Gasteiger partial charge in [-0.3, -0.25) is 0 Å². The number of hydrogen-bond donors (Lipinski definition) is 1. The summed E-state index contributed by atoms with van der Waals surface area (Å²) in [5.41, 5.74) is 7.49. The standard InChI is InChI=1S/C34H39ClN4/c1-4-5-13-29-24(2)33-26(22-31(29)30-14-9-10-15-32(30)35)23-36-34(38-33)37-27-18-16-25(17-19-27)20-21-39(3)28-11-7-6-8-12-28/h4-5,9-10,13-19,23,28,31H,2,6-8,11-12,20-22H2,1,3H3,(H,36,37,38). The van der Waals surface area contributed by atoms with Gasteiger partial charge in [0, 0.05) is 35.4 Å². The predicted octanol–water partition coefficient (Wildman–Crippen LogP) is 8.54. The normalized spacial score (nSPS) is 19.1. The summed E-state index contributed by atoms with van der Waals surface area (Å²) in [5, 5.41) is 4.17. The lowest BCUT2D eigenvalue weighted by Gasteiger charge is -2.31. The van der Waals surface area contributed by atoms with E-state index >= 15 is 0 Å². The Morgan fingerprint density at radius 1 is 1.08 bits per heavy atom. The first-order chi connectivity index (χ1) is 19.0. The number of benzene rings is 2. The minimum absolute atomic E-state index is 0.113. The van der Waals surface area contributed by atoms with E-state index in [0.717, 1.165) is 64.1 Å². The summed E-state index contributed by atoms with van der Waals surface area (Å²) in [4.78, 5) is 12.1. The number of aromatic nitrogens is 2. The molecule has 1 saturated carbocycles. The third-order valence-corrected chi connectivity index (χ3v) is 8.55. The smallest absolute Gasteiger partial charge is 0.227 e. The Bertz CT molecular complexity index is 1350. The molecule has 0 bridgehead atoms. The number of likely N-dealkylation sites (N-methyl/N-ethyl adjacent to an activating group) is 1. The molecule has 4 nitrogen and oxygen atoms in total.